The molecule has 1 aliphatic rings. The molecule has 0 saturated carbocycles. The number of hydrogen-bond acceptors (Lipinski definition) is 6. The molecule has 1 aromatic carbocycles. The Morgan fingerprint density at radius 1 is 1.32 bits per heavy atom. The van der Waals surface area contributed by atoms with Crippen LogP contribution in [-0.2, 0) is 10.0 Å². The molecule has 146 valence electrons. The SMILES string of the molecule is COc1ccc(F)cc1S(=O)(=O)N1CCC[C@@H]1c1nc(-c2cccnc2)n[nH]1. The van der Waals surface area contributed by atoms with Crippen molar-refractivity contribution in [3.05, 3.63) is 54.4 Å². The normalized spacial score (nSPS) is 17.7. The molecule has 0 radical (unpaired) electrons. The lowest BCUT2D eigenvalue weighted by Crippen LogP contribution is -2.31. The van der Waals surface area contributed by atoms with Gasteiger partial charge in [-0.3, -0.25) is 10.1 Å². The van der Waals surface area contributed by atoms with Gasteiger partial charge in [0, 0.05) is 24.5 Å². The Labute approximate surface area is 161 Å². The first kappa shape index (κ1) is 18.5. The minimum atomic E-state index is -3.99. The first-order valence-electron chi connectivity index (χ1n) is 8.69. The molecule has 1 N–H and O–H groups in total. The van der Waals surface area contributed by atoms with Crippen molar-refractivity contribution in [3.8, 4) is 17.1 Å². The monoisotopic (exact) mass is 403 g/mol. The highest BCUT2D eigenvalue weighted by molar-refractivity contribution is 7.89. The molecule has 0 amide bonds. The summed E-state index contributed by atoms with van der Waals surface area (Å²) in [6.45, 7) is 0.301. The summed E-state index contributed by atoms with van der Waals surface area (Å²) in [6, 6.07) is 6.52. The van der Waals surface area contributed by atoms with Gasteiger partial charge >= 0.3 is 0 Å². The number of sulfonamides is 1. The number of methoxy groups -OCH3 is 1. The van der Waals surface area contributed by atoms with Crippen molar-refractivity contribution in [2.75, 3.05) is 13.7 Å². The summed E-state index contributed by atoms with van der Waals surface area (Å²) < 4.78 is 46.7. The second-order valence-corrected chi connectivity index (χ2v) is 8.21. The maximum absolute atomic E-state index is 13.7. The van der Waals surface area contributed by atoms with Crippen LogP contribution in [0.15, 0.2) is 47.6 Å². The number of H-pyrrole nitrogens is 1. The maximum Gasteiger partial charge on any atom is 0.247 e. The molecule has 0 aliphatic carbocycles. The van der Waals surface area contributed by atoms with E-state index in [9.17, 15) is 12.8 Å². The fraction of sp³-hybridized carbons (Fsp3) is 0.278. The molecule has 1 atom stereocenters. The van der Waals surface area contributed by atoms with Crippen LogP contribution in [0.3, 0.4) is 0 Å². The van der Waals surface area contributed by atoms with Crippen molar-refractivity contribution < 1.29 is 17.5 Å². The second-order valence-electron chi connectivity index (χ2n) is 6.35. The van der Waals surface area contributed by atoms with Crippen molar-refractivity contribution >= 4 is 10.0 Å². The van der Waals surface area contributed by atoms with Crippen molar-refractivity contribution in [1.82, 2.24) is 24.5 Å². The van der Waals surface area contributed by atoms with E-state index in [0.717, 1.165) is 17.7 Å². The number of halogens is 1. The highest BCUT2D eigenvalue weighted by atomic mass is 32.2. The lowest BCUT2D eigenvalue weighted by Gasteiger charge is -2.23. The van der Waals surface area contributed by atoms with Crippen LogP contribution in [-0.4, -0.2) is 46.5 Å². The van der Waals surface area contributed by atoms with Gasteiger partial charge in [0.25, 0.3) is 0 Å². The van der Waals surface area contributed by atoms with Crippen LogP contribution in [0.25, 0.3) is 11.4 Å². The Morgan fingerprint density at radius 2 is 2.18 bits per heavy atom. The van der Waals surface area contributed by atoms with Crippen LogP contribution in [0.5, 0.6) is 5.75 Å². The Morgan fingerprint density at radius 3 is 2.93 bits per heavy atom. The number of hydrogen-bond donors (Lipinski definition) is 1. The van der Waals surface area contributed by atoms with Gasteiger partial charge in [0.1, 0.15) is 22.3 Å². The van der Waals surface area contributed by atoms with E-state index in [0.29, 0.717) is 31.0 Å². The lowest BCUT2D eigenvalue weighted by atomic mass is 10.2. The molecule has 0 bridgehead atoms. The third kappa shape index (κ3) is 3.25. The fourth-order valence-corrected chi connectivity index (χ4v) is 5.16. The van der Waals surface area contributed by atoms with Crippen LogP contribution in [0.1, 0.15) is 24.7 Å². The number of nitrogens with zero attached hydrogens (tertiary/aromatic N) is 4. The molecular weight excluding hydrogens is 385 g/mol. The Bertz CT molecular complexity index is 1090. The van der Waals surface area contributed by atoms with Crippen LogP contribution >= 0.6 is 0 Å². The van der Waals surface area contributed by atoms with Gasteiger partial charge in [-0.1, -0.05) is 0 Å². The zero-order valence-electron chi connectivity index (χ0n) is 15.0. The van der Waals surface area contributed by atoms with Gasteiger partial charge < -0.3 is 4.74 Å². The van der Waals surface area contributed by atoms with E-state index in [4.69, 9.17) is 4.74 Å². The van der Waals surface area contributed by atoms with E-state index < -0.39 is 21.9 Å². The molecule has 0 unspecified atom stereocenters. The number of aromatic amines is 1. The quantitative estimate of drug-likeness (QED) is 0.703. The van der Waals surface area contributed by atoms with E-state index in [2.05, 4.69) is 20.2 Å². The number of rotatable bonds is 5. The van der Waals surface area contributed by atoms with Crippen molar-refractivity contribution in [3.63, 3.8) is 0 Å². The van der Waals surface area contributed by atoms with Crippen LogP contribution in [0.2, 0.25) is 0 Å². The molecule has 1 fully saturated rings. The van der Waals surface area contributed by atoms with Crippen molar-refractivity contribution in [1.29, 1.82) is 0 Å². The van der Waals surface area contributed by atoms with Crippen molar-refractivity contribution in [2.45, 2.75) is 23.8 Å². The summed E-state index contributed by atoms with van der Waals surface area (Å²) in [5.74, 6) is 0.334. The van der Waals surface area contributed by atoms with E-state index in [1.165, 1.54) is 17.5 Å². The lowest BCUT2D eigenvalue weighted by molar-refractivity contribution is 0.372. The first-order valence-corrected chi connectivity index (χ1v) is 10.1. The molecular formula is C18H18FN5O3S. The zero-order valence-corrected chi connectivity index (χ0v) is 15.9. The van der Waals surface area contributed by atoms with Gasteiger partial charge in [-0.25, -0.2) is 17.8 Å². The third-order valence-electron chi connectivity index (χ3n) is 4.65. The summed E-state index contributed by atoms with van der Waals surface area (Å²) in [7, 11) is -2.64. The molecule has 8 nitrogen and oxygen atoms in total. The molecule has 3 aromatic rings. The highest BCUT2D eigenvalue weighted by Crippen LogP contribution is 2.38. The van der Waals surface area contributed by atoms with Gasteiger partial charge in [0.2, 0.25) is 10.0 Å². The summed E-state index contributed by atoms with van der Waals surface area (Å²) in [6.07, 6.45) is 4.52. The van der Waals surface area contributed by atoms with E-state index in [1.54, 1.807) is 18.5 Å². The van der Waals surface area contributed by atoms with Gasteiger partial charge in [0.05, 0.1) is 13.2 Å². The van der Waals surface area contributed by atoms with Crippen LogP contribution in [0, 0.1) is 5.82 Å². The molecule has 28 heavy (non-hydrogen) atoms. The minimum Gasteiger partial charge on any atom is -0.495 e. The number of pyridine rings is 1. The Kier molecular flexibility index (Phi) is 4.82. The second kappa shape index (κ2) is 7.28. The van der Waals surface area contributed by atoms with Crippen LogP contribution in [0.4, 0.5) is 4.39 Å². The van der Waals surface area contributed by atoms with E-state index in [1.807, 2.05) is 6.07 Å². The van der Waals surface area contributed by atoms with Gasteiger partial charge in [0.15, 0.2) is 5.82 Å². The predicted octanol–water partition coefficient (Wildman–Crippen LogP) is 2.54. The average molecular weight is 403 g/mol. The summed E-state index contributed by atoms with van der Waals surface area (Å²) in [4.78, 5) is 8.30. The standard InChI is InChI=1S/C18H18FN5O3S/c1-27-15-7-6-13(19)10-16(15)28(25,26)24-9-3-5-14(24)18-21-17(22-23-18)12-4-2-8-20-11-12/h2,4,6-8,10-11,14H,3,5,9H2,1H3,(H,21,22,23)/t14-/m1/s1. The molecule has 10 heteroatoms. The van der Waals surface area contributed by atoms with Gasteiger partial charge in [-0.15, -0.1) is 0 Å². The zero-order chi connectivity index (χ0) is 19.7. The van der Waals surface area contributed by atoms with Crippen LogP contribution < -0.4 is 4.74 Å². The molecule has 0 spiro atoms. The van der Waals surface area contributed by atoms with Gasteiger partial charge in [-0.2, -0.15) is 9.40 Å². The molecule has 1 aliphatic heterocycles. The smallest absolute Gasteiger partial charge is 0.247 e. The predicted molar refractivity (Wildman–Crippen MR) is 98.4 cm³/mol. The van der Waals surface area contributed by atoms with E-state index >= 15 is 0 Å². The molecule has 2 aromatic heterocycles. The minimum absolute atomic E-state index is 0.0978. The summed E-state index contributed by atoms with van der Waals surface area (Å²) in [5, 5.41) is 7.03. The summed E-state index contributed by atoms with van der Waals surface area (Å²) in [5.41, 5.74) is 0.726. The number of ether oxygens (including phenoxy) is 1. The fourth-order valence-electron chi connectivity index (χ4n) is 3.33. The Hall–Kier alpha value is -2.85. The van der Waals surface area contributed by atoms with Gasteiger partial charge in [-0.05, 0) is 43.2 Å². The third-order valence-corrected chi connectivity index (χ3v) is 6.58. The largest absolute Gasteiger partial charge is 0.495 e. The molecule has 1 saturated heterocycles. The Balaban J connectivity index is 1.69. The number of nitrogens with one attached hydrogen (secondary N) is 1. The van der Waals surface area contributed by atoms with E-state index in [-0.39, 0.29) is 10.6 Å². The average Bonchev–Trinajstić information content (AvgIpc) is 3.38. The summed E-state index contributed by atoms with van der Waals surface area (Å²) >= 11 is 0. The molecule has 4 rings (SSSR count). The topological polar surface area (TPSA) is 101 Å². The first-order chi connectivity index (χ1) is 13.5. The number of aromatic nitrogens is 4. The van der Waals surface area contributed by atoms with Crippen molar-refractivity contribution in [2.24, 2.45) is 0 Å². The maximum atomic E-state index is 13.7. The molecule has 3 heterocycles. The number of benzene rings is 1. The highest BCUT2D eigenvalue weighted by Gasteiger charge is 2.39.